The number of rotatable bonds is 10. The van der Waals surface area contributed by atoms with Crippen LogP contribution >= 0.6 is 11.6 Å². The number of alkyl carbamates (subject to hydrolysis) is 1. The van der Waals surface area contributed by atoms with E-state index in [2.05, 4.69) is 23.1 Å². The normalized spacial score (nSPS) is 12.2. The molecule has 0 aliphatic rings. The maximum atomic E-state index is 12.9. The van der Waals surface area contributed by atoms with Crippen molar-refractivity contribution < 1.29 is 19.1 Å². The molecule has 1 atom stereocenters. The standard InChI is InChI=1S/C25H33ClN2O4S/c1-25(2,3)32-24(30)28-22(11-12-33(4)5)23(29)27-16-19-13-20(26)15-21(14-19)31-17-18-9-7-6-8-10-18/h6-10,13-15,22H,11-12,16-17H2,1-5H3,(H-,27,28,29,30)/p+1/t22-/m1/s1. The molecule has 8 heteroatoms. The Morgan fingerprint density at radius 2 is 1.76 bits per heavy atom. The van der Waals surface area contributed by atoms with Crippen LogP contribution in [0.4, 0.5) is 4.79 Å². The van der Waals surface area contributed by atoms with Gasteiger partial charge in [-0.2, -0.15) is 0 Å². The number of benzene rings is 2. The van der Waals surface area contributed by atoms with Crippen molar-refractivity contribution in [2.45, 2.75) is 52.0 Å². The summed E-state index contributed by atoms with van der Waals surface area (Å²) in [6.45, 7) is 6.04. The van der Waals surface area contributed by atoms with Crippen LogP contribution in [-0.2, 0) is 33.6 Å². The van der Waals surface area contributed by atoms with E-state index in [1.165, 1.54) is 0 Å². The Labute approximate surface area is 204 Å². The molecule has 2 aromatic carbocycles. The first kappa shape index (κ1) is 26.9. The summed E-state index contributed by atoms with van der Waals surface area (Å²) in [5, 5.41) is 6.13. The van der Waals surface area contributed by atoms with Crippen molar-refractivity contribution in [3.63, 3.8) is 0 Å². The lowest BCUT2D eigenvalue weighted by Gasteiger charge is -2.23. The molecule has 0 unspecified atom stereocenters. The van der Waals surface area contributed by atoms with Gasteiger partial charge in [-0.3, -0.25) is 4.79 Å². The number of carbonyl (C=O) groups excluding carboxylic acids is 2. The van der Waals surface area contributed by atoms with Gasteiger partial charge in [0, 0.05) is 18.0 Å². The van der Waals surface area contributed by atoms with Crippen LogP contribution in [0.5, 0.6) is 5.75 Å². The maximum Gasteiger partial charge on any atom is 0.408 e. The Kier molecular flexibility index (Phi) is 10.4. The number of amides is 2. The number of hydrogen-bond donors (Lipinski definition) is 2. The number of nitrogens with one attached hydrogen (secondary N) is 2. The quantitative estimate of drug-likeness (QED) is 0.470. The van der Waals surface area contributed by atoms with Crippen molar-refractivity contribution >= 4 is 34.5 Å². The highest BCUT2D eigenvalue weighted by Crippen LogP contribution is 2.22. The van der Waals surface area contributed by atoms with Crippen LogP contribution in [0.15, 0.2) is 48.5 Å². The second-order valence-corrected chi connectivity index (χ2v) is 11.8. The summed E-state index contributed by atoms with van der Waals surface area (Å²) in [7, 11) is 0.143. The van der Waals surface area contributed by atoms with Crippen molar-refractivity contribution in [2.24, 2.45) is 0 Å². The largest absolute Gasteiger partial charge is 0.489 e. The topological polar surface area (TPSA) is 76.7 Å². The van der Waals surface area contributed by atoms with Crippen LogP contribution in [0.3, 0.4) is 0 Å². The van der Waals surface area contributed by atoms with Gasteiger partial charge in [0.25, 0.3) is 0 Å². The second kappa shape index (κ2) is 12.8. The van der Waals surface area contributed by atoms with Crippen LogP contribution in [0.2, 0.25) is 5.02 Å². The van der Waals surface area contributed by atoms with Crippen molar-refractivity contribution in [1.82, 2.24) is 10.6 Å². The molecule has 0 aromatic heterocycles. The SMILES string of the molecule is C[S+](C)CC[C@@H](NC(=O)OC(C)(C)C)C(=O)NCc1cc(Cl)cc(OCc2ccccc2)c1. The van der Waals surface area contributed by atoms with Crippen LogP contribution in [-0.4, -0.2) is 41.9 Å². The molecule has 0 spiro atoms. The van der Waals surface area contributed by atoms with Gasteiger partial charge in [0.1, 0.15) is 29.8 Å². The van der Waals surface area contributed by atoms with E-state index >= 15 is 0 Å². The fourth-order valence-corrected chi connectivity index (χ4v) is 3.89. The van der Waals surface area contributed by atoms with Crippen molar-refractivity contribution in [2.75, 3.05) is 18.3 Å². The molecule has 0 radical (unpaired) electrons. The molecule has 2 aromatic rings. The molecule has 2 rings (SSSR count). The third-order valence-corrected chi connectivity index (χ3v) is 5.74. The van der Waals surface area contributed by atoms with Gasteiger partial charge in [0.05, 0.1) is 12.5 Å². The Bertz CT molecular complexity index is 916. The summed E-state index contributed by atoms with van der Waals surface area (Å²) in [5.41, 5.74) is 1.22. The molecule has 0 aliphatic carbocycles. The van der Waals surface area contributed by atoms with E-state index in [-0.39, 0.29) is 23.3 Å². The Hall–Kier alpha value is -2.38. The maximum absolute atomic E-state index is 12.9. The van der Waals surface area contributed by atoms with Crippen molar-refractivity contribution in [3.05, 3.63) is 64.7 Å². The summed E-state index contributed by atoms with van der Waals surface area (Å²) in [4.78, 5) is 25.1. The van der Waals surface area contributed by atoms with Gasteiger partial charge in [-0.25, -0.2) is 4.79 Å². The minimum atomic E-state index is -0.678. The smallest absolute Gasteiger partial charge is 0.408 e. The first-order valence-corrected chi connectivity index (χ1v) is 13.4. The average molecular weight is 494 g/mol. The highest BCUT2D eigenvalue weighted by atomic mass is 35.5. The van der Waals surface area contributed by atoms with Gasteiger partial charge >= 0.3 is 6.09 Å². The van der Waals surface area contributed by atoms with E-state index < -0.39 is 17.7 Å². The van der Waals surface area contributed by atoms with Gasteiger partial charge in [0.2, 0.25) is 5.91 Å². The van der Waals surface area contributed by atoms with Crippen molar-refractivity contribution in [3.8, 4) is 5.75 Å². The predicted octanol–water partition coefficient (Wildman–Crippen LogP) is 4.70. The molecule has 33 heavy (non-hydrogen) atoms. The molecule has 2 amide bonds. The summed E-state index contributed by atoms with van der Waals surface area (Å²) in [6.07, 6.45) is 4.13. The lowest BCUT2D eigenvalue weighted by Crippen LogP contribution is -2.48. The van der Waals surface area contributed by atoms with Gasteiger partial charge in [0.15, 0.2) is 0 Å². The van der Waals surface area contributed by atoms with Gasteiger partial charge < -0.3 is 20.1 Å². The number of carbonyl (C=O) groups is 2. The summed E-state index contributed by atoms with van der Waals surface area (Å²) in [6, 6.07) is 14.5. The molecule has 0 heterocycles. The average Bonchev–Trinajstić information content (AvgIpc) is 2.72. The third-order valence-electron chi connectivity index (χ3n) is 4.47. The molecule has 0 bridgehead atoms. The minimum Gasteiger partial charge on any atom is -0.489 e. The predicted molar refractivity (Wildman–Crippen MR) is 136 cm³/mol. The van der Waals surface area contributed by atoms with Crippen LogP contribution < -0.4 is 15.4 Å². The third kappa shape index (κ3) is 10.9. The summed E-state index contributed by atoms with van der Waals surface area (Å²) in [5.74, 6) is 1.18. The second-order valence-electron chi connectivity index (χ2n) is 8.96. The van der Waals surface area contributed by atoms with E-state index in [1.54, 1.807) is 32.9 Å². The molecule has 6 nitrogen and oxygen atoms in total. The fourth-order valence-electron chi connectivity index (χ4n) is 2.93. The first-order valence-electron chi connectivity index (χ1n) is 10.8. The molecule has 0 saturated carbocycles. The van der Waals surface area contributed by atoms with Crippen LogP contribution in [0, 0.1) is 0 Å². The van der Waals surface area contributed by atoms with E-state index in [4.69, 9.17) is 21.1 Å². The van der Waals surface area contributed by atoms with E-state index in [0.29, 0.717) is 23.8 Å². The zero-order valence-electron chi connectivity index (χ0n) is 19.9. The Balaban J connectivity index is 1.99. The highest BCUT2D eigenvalue weighted by molar-refractivity contribution is 7.95. The molecule has 0 aliphatic heterocycles. The molecule has 0 fully saturated rings. The zero-order valence-corrected chi connectivity index (χ0v) is 21.5. The van der Waals surface area contributed by atoms with Gasteiger partial charge in [-0.15, -0.1) is 0 Å². The molecule has 2 N–H and O–H groups in total. The molecule has 0 saturated heterocycles. The number of halogens is 1. The Morgan fingerprint density at radius 1 is 1.06 bits per heavy atom. The van der Waals surface area contributed by atoms with Crippen LogP contribution in [0.1, 0.15) is 38.3 Å². The minimum absolute atomic E-state index is 0.143. The number of ether oxygens (including phenoxy) is 2. The molecular weight excluding hydrogens is 460 g/mol. The monoisotopic (exact) mass is 493 g/mol. The molecule has 180 valence electrons. The first-order chi connectivity index (χ1) is 15.5. The fraction of sp³-hybridized carbons (Fsp3) is 0.440. The lowest BCUT2D eigenvalue weighted by molar-refractivity contribution is -0.123. The Morgan fingerprint density at radius 3 is 2.39 bits per heavy atom. The van der Waals surface area contributed by atoms with E-state index in [0.717, 1.165) is 16.9 Å². The van der Waals surface area contributed by atoms with E-state index in [1.807, 2.05) is 36.4 Å². The zero-order chi connectivity index (χ0) is 24.4. The van der Waals surface area contributed by atoms with Gasteiger partial charge in [-0.1, -0.05) is 41.9 Å². The lowest BCUT2D eigenvalue weighted by atomic mass is 10.1. The summed E-state index contributed by atoms with van der Waals surface area (Å²) < 4.78 is 11.2. The highest BCUT2D eigenvalue weighted by Gasteiger charge is 2.25. The number of hydrogen-bond acceptors (Lipinski definition) is 4. The van der Waals surface area contributed by atoms with E-state index in [9.17, 15) is 9.59 Å². The summed E-state index contributed by atoms with van der Waals surface area (Å²) >= 11 is 6.26. The molecular formula is C25H34ClN2O4S+. The van der Waals surface area contributed by atoms with Gasteiger partial charge in [-0.05, 0) is 61.0 Å². The van der Waals surface area contributed by atoms with Crippen LogP contribution in [0.25, 0.3) is 0 Å². The van der Waals surface area contributed by atoms with Crippen molar-refractivity contribution in [1.29, 1.82) is 0 Å².